The van der Waals surface area contributed by atoms with Crippen molar-refractivity contribution < 1.29 is 4.79 Å². The SMILES string of the molecule is Cc1cccc(N2CCN(C(=O)CCCCCNc3nc(=S)[nH]c4ccccc34)CC2)c1C. The molecule has 0 atom stereocenters. The molecule has 1 aromatic heterocycles. The van der Waals surface area contributed by atoms with Gasteiger partial charge >= 0.3 is 0 Å². The van der Waals surface area contributed by atoms with Gasteiger partial charge in [-0.1, -0.05) is 30.7 Å². The Morgan fingerprint density at radius 2 is 1.82 bits per heavy atom. The van der Waals surface area contributed by atoms with E-state index in [0.29, 0.717) is 11.2 Å². The Bertz CT molecular complexity index is 1170. The largest absolute Gasteiger partial charge is 0.369 e. The number of para-hydroxylation sites is 1. The van der Waals surface area contributed by atoms with Gasteiger partial charge in [0.05, 0.1) is 5.52 Å². The molecule has 1 saturated heterocycles. The van der Waals surface area contributed by atoms with Crippen molar-refractivity contribution in [3.05, 3.63) is 58.4 Å². The van der Waals surface area contributed by atoms with Crippen molar-refractivity contribution in [1.82, 2.24) is 14.9 Å². The van der Waals surface area contributed by atoms with Crippen LogP contribution < -0.4 is 10.2 Å². The van der Waals surface area contributed by atoms with Gasteiger partial charge in [-0.2, -0.15) is 0 Å². The monoisotopic (exact) mass is 463 g/mol. The van der Waals surface area contributed by atoms with Crippen LogP contribution in [-0.4, -0.2) is 53.5 Å². The minimum atomic E-state index is 0.283. The number of carbonyl (C=O) groups excluding carboxylic acids is 1. The quantitative estimate of drug-likeness (QED) is 0.354. The van der Waals surface area contributed by atoms with Gasteiger partial charge in [-0.15, -0.1) is 0 Å². The highest BCUT2D eigenvalue weighted by Gasteiger charge is 2.21. The Morgan fingerprint density at radius 3 is 2.64 bits per heavy atom. The number of anilines is 2. The van der Waals surface area contributed by atoms with Crippen LogP contribution in [0.15, 0.2) is 42.5 Å². The maximum Gasteiger partial charge on any atom is 0.222 e. The fourth-order valence-electron chi connectivity index (χ4n) is 4.46. The van der Waals surface area contributed by atoms with Gasteiger partial charge in [0.15, 0.2) is 4.77 Å². The second-order valence-electron chi connectivity index (χ2n) is 8.76. The van der Waals surface area contributed by atoms with Gasteiger partial charge in [0.2, 0.25) is 5.91 Å². The summed E-state index contributed by atoms with van der Waals surface area (Å²) in [4.78, 5) is 24.7. The average Bonchev–Trinajstić information content (AvgIpc) is 2.83. The first-order valence-electron chi connectivity index (χ1n) is 11.8. The summed E-state index contributed by atoms with van der Waals surface area (Å²) in [6.45, 7) is 8.57. The molecule has 0 saturated carbocycles. The van der Waals surface area contributed by atoms with Gasteiger partial charge in [-0.25, -0.2) is 4.98 Å². The van der Waals surface area contributed by atoms with Gasteiger partial charge in [-0.3, -0.25) is 4.79 Å². The van der Waals surface area contributed by atoms with Crippen molar-refractivity contribution in [3.63, 3.8) is 0 Å². The molecular formula is C26H33N5OS. The number of unbranched alkanes of at least 4 members (excludes halogenated alkanes) is 2. The summed E-state index contributed by atoms with van der Waals surface area (Å²) in [5, 5.41) is 4.45. The van der Waals surface area contributed by atoms with Crippen LogP contribution in [0.25, 0.3) is 10.9 Å². The molecule has 33 heavy (non-hydrogen) atoms. The van der Waals surface area contributed by atoms with E-state index in [2.05, 4.69) is 52.2 Å². The van der Waals surface area contributed by atoms with Crippen LogP contribution in [-0.2, 0) is 4.79 Å². The van der Waals surface area contributed by atoms with Crippen LogP contribution in [0.1, 0.15) is 36.8 Å². The van der Waals surface area contributed by atoms with E-state index in [1.165, 1.54) is 16.8 Å². The number of fused-ring (bicyclic) bond motifs is 1. The number of aromatic nitrogens is 2. The van der Waals surface area contributed by atoms with Gasteiger partial charge in [0, 0.05) is 50.2 Å². The van der Waals surface area contributed by atoms with E-state index < -0.39 is 0 Å². The number of aryl methyl sites for hydroxylation is 1. The zero-order valence-corrected chi connectivity index (χ0v) is 20.4. The third-order valence-corrected chi connectivity index (χ3v) is 6.74. The summed E-state index contributed by atoms with van der Waals surface area (Å²) in [7, 11) is 0. The van der Waals surface area contributed by atoms with Crippen LogP contribution in [0, 0.1) is 18.6 Å². The molecule has 2 aromatic carbocycles. The van der Waals surface area contributed by atoms with E-state index in [1.807, 2.05) is 29.2 Å². The van der Waals surface area contributed by atoms with Crippen molar-refractivity contribution in [2.45, 2.75) is 39.5 Å². The Morgan fingerprint density at radius 1 is 1.03 bits per heavy atom. The number of amides is 1. The number of aromatic amines is 1. The molecule has 174 valence electrons. The molecule has 3 aromatic rings. The van der Waals surface area contributed by atoms with Crippen molar-refractivity contribution in [2.75, 3.05) is 42.9 Å². The van der Waals surface area contributed by atoms with Crippen LogP contribution in [0.4, 0.5) is 11.5 Å². The first-order chi connectivity index (χ1) is 16.0. The second-order valence-corrected chi connectivity index (χ2v) is 9.15. The summed E-state index contributed by atoms with van der Waals surface area (Å²) < 4.78 is 0.486. The number of nitrogens with zero attached hydrogens (tertiary/aromatic N) is 3. The smallest absolute Gasteiger partial charge is 0.222 e. The summed E-state index contributed by atoms with van der Waals surface area (Å²) >= 11 is 5.23. The molecule has 0 radical (unpaired) electrons. The topological polar surface area (TPSA) is 64.3 Å². The number of H-pyrrole nitrogens is 1. The number of benzene rings is 2. The Hall–Kier alpha value is -2.93. The lowest BCUT2D eigenvalue weighted by Crippen LogP contribution is -2.49. The lowest BCUT2D eigenvalue weighted by atomic mass is 10.1. The average molecular weight is 464 g/mol. The molecule has 6 nitrogen and oxygen atoms in total. The number of nitrogens with one attached hydrogen (secondary N) is 2. The zero-order valence-electron chi connectivity index (χ0n) is 19.6. The van der Waals surface area contributed by atoms with Gasteiger partial charge in [0.25, 0.3) is 0 Å². The summed E-state index contributed by atoms with van der Waals surface area (Å²) in [5.74, 6) is 1.11. The Kier molecular flexibility index (Phi) is 7.60. The molecule has 1 amide bonds. The molecule has 1 aliphatic rings. The zero-order chi connectivity index (χ0) is 23.2. The Balaban J connectivity index is 1.17. The van der Waals surface area contributed by atoms with Crippen LogP contribution in [0.2, 0.25) is 0 Å². The number of hydrogen-bond donors (Lipinski definition) is 2. The highest BCUT2D eigenvalue weighted by atomic mass is 32.1. The lowest BCUT2D eigenvalue weighted by molar-refractivity contribution is -0.131. The lowest BCUT2D eigenvalue weighted by Gasteiger charge is -2.37. The van der Waals surface area contributed by atoms with E-state index >= 15 is 0 Å². The van der Waals surface area contributed by atoms with Crippen molar-refractivity contribution in [1.29, 1.82) is 0 Å². The summed E-state index contributed by atoms with van der Waals surface area (Å²) in [6.07, 6.45) is 3.55. The van der Waals surface area contributed by atoms with Crippen LogP contribution >= 0.6 is 12.2 Å². The van der Waals surface area contributed by atoms with Crippen LogP contribution in [0.3, 0.4) is 0 Å². The maximum atomic E-state index is 12.7. The first kappa shape index (κ1) is 23.2. The highest BCUT2D eigenvalue weighted by Crippen LogP contribution is 2.24. The third kappa shape index (κ3) is 5.71. The molecule has 7 heteroatoms. The molecular weight excluding hydrogens is 430 g/mol. The van der Waals surface area contributed by atoms with Crippen molar-refractivity contribution in [2.24, 2.45) is 0 Å². The number of piperazine rings is 1. The van der Waals surface area contributed by atoms with E-state index in [0.717, 1.165) is 68.7 Å². The minimum absolute atomic E-state index is 0.283. The fraction of sp³-hybridized carbons (Fsp3) is 0.423. The maximum absolute atomic E-state index is 12.7. The predicted molar refractivity (Wildman–Crippen MR) is 139 cm³/mol. The fourth-order valence-corrected chi connectivity index (χ4v) is 4.66. The van der Waals surface area contributed by atoms with Crippen molar-refractivity contribution in [3.8, 4) is 0 Å². The number of carbonyl (C=O) groups is 1. The summed E-state index contributed by atoms with van der Waals surface area (Å²) in [5.41, 5.74) is 4.95. The van der Waals surface area contributed by atoms with Crippen LogP contribution in [0.5, 0.6) is 0 Å². The standard InChI is InChI=1S/C26H33N5OS/c1-19-9-8-12-23(20(19)2)30-15-17-31(18-16-30)24(32)13-4-3-7-14-27-25-21-10-5-6-11-22(21)28-26(33)29-25/h5-6,8-12H,3-4,7,13-18H2,1-2H3,(H2,27,28,29,33). The second kappa shape index (κ2) is 10.8. The highest BCUT2D eigenvalue weighted by molar-refractivity contribution is 7.71. The van der Waals surface area contributed by atoms with E-state index in [1.54, 1.807) is 0 Å². The molecule has 0 aliphatic carbocycles. The molecule has 0 unspecified atom stereocenters. The van der Waals surface area contributed by atoms with Gasteiger partial charge in [0.1, 0.15) is 5.82 Å². The molecule has 0 spiro atoms. The Labute approximate surface area is 201 Å². The normalized spacial score (nSPS) is 14.0. The van der Waals surface area contributed by atoms with E-state index in [-0.39, 0.29) is 5.91 Å². The van der Waals surface area contributed by atoms with E-state index in [9.17, 15) is 4.79 Å². The molecule has 0 bridgehead atoms. The molecule has 4 rings (SSSR count). The molecule has 2 heterocycles. The van der Waals surface area contributed by atoms with Gasteiger partial charge in [-0.05, 0) is 68.2 Å². The molecule has 1 aliphatic heterocycles. The van der Waals surface area contributed by atoms with Gasteiger partial charge < -0.3 is 20.1 Å². The number of hydrogen-bond acceptors (Lipinski definition) is 5. The summed E-state index contributed by atoms with van der Waals surface area (Å²) in [6, 6.07) is 14.5. The first-order valence-corrected chi connectivity index (χ1v) is 12.3. The van der Waals surface area contributed by atoms with Crippen molar-refractivity contribution >= 4 is 40.5 Å². The molecule has 1 fully saturated rings. The third-order valence-electron chi connectivity index (χ3n) is 6.55. The molecule has 2 N–H and O–H groups in total. The minimum Gasteiger partial charge on any atom is -0.369 e. The number of rotatable bonds is 8. The van der Waals surface area contributed by atoms with E-state index in [4.69, 9.17) is 12.2 Å². The predicted octanol–water partition coefficient (Wildman–Crippen LogP) is 5.23.